The number of rotatable bonds is 5. The fourth-order valence-corrected chi connectivity index (χ4v) is 5.08. The molecule has 1 heterocycles. The summed E-state index contributed by atoms with van der Waals surface area (Å²) in [6.07, 6.45) is 3.23. The molecule has 1 unspecified atom stereocenters. The minimum atomic E-state index is -1.05. The highest BCUT2D eigenvalue weighted by Gasteiger charge is 2.64. The van der Waals surface area contributed by atoms with Crippen LogP contribution in [0.15, 0.2) is 48.5 Å². The van der Waals surface area contributed by atoms with Gasteiger partial charge >= 0.3 is 0 Å². The van der Waals surface area contributed by atoms with E-state index in [0.717, 1.165) is 24.2 Å². The summed E-state index contributed by atoms with van der Waals surface area (Å²) in [5.41, 5.74) is -0.978. The number of benzene rings is 2. The predicted octanol–water partition coefficient (Wildman–Crippen LogP) is 5.95. The van der Waals surface area contributed by atoms with Gasteiger partial charge in [-0.2, -0.15) is 0 Å². The molecule has 172 valence electrons. The molecule has 1 N–H and O–H groups in total. The van der Waals surface area contributed by atoms with Crippen molar-refractivity contribution in [2.24, 2.45) is 0 Å². The van der Waals surface area contributed by atoms with Crippen molar-refractivity contribution in [1.29, 1.82) is 0 Å². The van der Waals surface area contributed by atoms with Gasteiger partial charge in [-0.25, -0.2) is 0 Å². The summed E-state index contributed by atoms with van der Waals surface area (Å²) >= 11 is 5.41. The maximum Gasteiger partial charge on any atom is 0.166 e. The number of fused-ring (bicyclic) bond motifs is 1. The van der Waals surface area contributed by atoms with Crippen LogP contribution in [0.5, 0.6) is 17.2 Å². The van der Waals surface area contributed by atoms with Gasteiger partial charge in [-0.3, -0.25) is 4.79 Å². The van der Waals surface area contributed by atoms with E-state index < -0.39 is 11.1 Å². The SMILES string of the molecule is CC.COC1CCC2(CC1)Oc1ccc(Oc3ccccc3)cc1C2(NC(C)=S)C(C)=O. The lowest BCUT2D eigenvalue weighted by atomic mass is 9.66. The van der Waals surface area contributed by atoms with Crippen LogP contribution in [0.1, 0.15) is 58.9 Å². The summed E-state index contributed by atoms with van der Waals surface area (Å²) in [7, 11) is 1.73. The molecule has 0 saturated heterocycles. The van der Waals surface area contributed by atoms with Gasteiger partial charge in [0.2, 0.25) is 0 Å². The van der Waals surface area contributed by atoms with Gasteiger partial charge in [-0.15, -0.1) is 0 Å². The summed E-state index contributed by atoms with van der Waals surface area (Å²) in [4.78, 5) is 13.8. The van der Waals surface area contributed by atoms with E-state index >= 15 is 0 Å². The number of Topliss-reactive ketones (excluding diaryl/α,β-unsaturated/α-hetero) is 1. The van der Waals surface area contributed by atoms with Crippen molar-refractivity contribution >= 4 is 23.0 Å². The molecule has 1 saturated carbocycles. The summed E-state index contributed by atoms with van der Waals surface area (Å²) in [5, 5.41) is 3.36. The Bertz CT molecular complexity index is 954. The largest absolute Gasteiger partial charge is 0.484 e. The van der Waals surface area contributed by atoms with Crippen molar-refractivity contribution < 1.29 is 19.0 Å². The third-order valence-corrected chi connectivity index (χ3v) is 6.39. The molecule has 1 spiro atoms. The van der Waals surface area contributed by atoms with Gasteiger partial charge in [0, 0.05) is 12.7 Å². The molecule has 0 bridgehead atoms. The Hall–Kier alpha value is -2.44. The van der Waals surface area contributed by atoms with E-state index in [1.807, 2.05) is 62.4 Å². The minimum absolute atomic E-state index is 0.0156. The number of ketones is 1. The summed E-state index contributed by atoms with van der Waals surface area (Å²) in [6, 6.07) is 15.3. The molecule has 1 fully saturated rings. The number of carbonyl (C=O) groups excluding carboxylic acids is 1. The van der Waals surface area contributed by atoms with Crippen molar-refractivity contribution in [3.05, 3.63) is 54.1 Å². The van der Waals surface area contributed by atoms with Crippen LogP contribution in [0.25, 0.3) is 0 Å². The number of para-hydroxylation sites is 1. The number of ether oxygens (including phenoxy) is 3. The van der Waals surface area contributed by atoms with E-state index in [1.54, 1.807) is 21.0 Å². The van der Waals surface area contributed by atoms with Crippen molar-refractivity contribution in [3.8, 4) is 17.2 Å². The number of nitrogens with one attached hydrogen (secondary N) is 1. The quantitative estimate of drug-likeness (QED) is 0.563. The van der Waals surface area contributed by atoms with Gasteiger partial charge in [-0.05, 0) is 69.9 Å². The van der Waals surface area contributed by atoms with Gasteiger partial charge in [-0.1, -0.05) is 44.3 Å². The van der Waals surface area contributed by atoms with Crippen LogP contribution >= 0.6 is 12.2 Å². The van der Waals surface area contributed by atoms with Gasteiger partial charge in [0.05, 0.1) is 11.1 Å². The Labute approximate surface area is 196 Å². The lowest BCUT2D eigenvalue weighted by Gasteiger charge is -2.47. The number of methoxy groups -OCH3 is 1. The highest BCUT2D eigenvalue weighted by molar-refractivity contribution is 7.80. The highest BCUT2D eigenvalue weighted by atomic mass is 32.1. The Kier molecular flexibility index (Phi) is 7.57. The van der Waals surface area contributed by atoms with Crippen molar-refractivity contribution in [3.63, 3.8) is 0 Å². The Balaban J connectivity index is 0.00000141. The summed E-state index contributed by atoms with van der Waals surface area (Å²) < 4.78 is 18.2. The van der Waals surface area contributed by atoms with Crippen LogP contribution in [-0.2, 0) is 15.1 Å². The summed E-state index contributed by atoms with van der Waals surface area (Å²) in [5.74, 6) is 2.07. The normalized spacial score (nSPS) is 25.7. The Morgan fingerprint density at radius 1 is 1.06 bits per heavy atom. The molecule has 32 heavy (non-hydrogen) atoms. The molecule has 1 atom stereocenters. The molecule has 2 aliphatic rings. The molecular formula is C26H33NO4S. The molecule has 2 aromatic rings. The molecule has 0 radical (unpaired) electrons. The van der Waals surface area contributed by atoms with E-state index in [0.29, 0.717) is 29.3 Å². The van der Waals surface area contributed by atoms with Crippen molar-refractivity contribution in [1.82, 2.24) is 5.32 Å². The predicted molar refractivity (Wildman–Crippen MR) is 131 cm³/mol. The second kappa shape index (κ2) is 10.0. The van der Waals surface area contributed by atoms with Crippen LogP contribution in [0.2, 0.25) is 0 Å². The molecular weight excluding hydrogens is 422 g/mol. The number of carbonyl (C=O) groups is 1. The molecule has 6 heteroatoms. The van der Waals surface area contributed by atoms with Gasteiger partial charge < -0.3 is 19.5 Å². The molecule has 0 aromatic heterocycles. The van der Waals surface area contributed by atoms with Gasteiger partial charge in [0.25, 0.3) is 0 Å². The monoisotopic (exact) mass is 455 g/mol. The smallest absolute Gasteiger partial charge is 0.166 e. The van der Waals surface area contributed by atoms with E-state index in [1.165, 1.54) is 0 Å². The first kappa shape index (κ1) is 24.2. The zero-order chi connectivity index (χ0) is 23.4. The standard InChI is InChI=1S/C24H27NO4S.C2H6/c1-16(26)24(25-17(2)30)21-15-20(28-19-7-5-4-6-8-19)9-10-22(21)29-23(24)13-11-18(27-3)12-14-23;1-2/h4-10,15,18H,11-14H2,1-3H3,(H,25,30);1-2H3. The summed E-state index contributed by atoms with van der Waals surface area (Å²) in [6.45, 7) is 7.41. The van der Waals surface area contributed by atoms with Gasteiger partial charge in [0.15, 0.2) is 11.3 Å². The maximum atomic E-state index is 13.3. The number of thiocarbonyl (C=S) groups is 1. The topological polar surface area (TPSA) is 56.8 Å². The Morgan fingerprint density at radius 3 is 2.28 bits per heavy atom. The third-order valence-electron chi connectivity index (χ3n) is 6.29. The van der Waals surface area contributed by atoms with Crippen molar-refractivity contribution in [2.45, 2.75) is 70.6 Å². The zero-order valence-corrected chi connectivity index (χ0v) is 20.4. The third kappa shape index (κ3) is 4.26. The van der Waals surface area contributed by atoms with E-state index in [9.17, 15) is 4.79 Å². The lowest BCUT2D eigenvalue weighted by Crippen LogP contribution is -2.65. The molecule has 1 aliphatic heterocycles. The van der Waals surface area contributed by atoms with Crippen molar-refractivity contribution in [2.75, 3.05) is 7.11 Å². The second-order valence-electron chi connectivity index (χ2n) is 8.09. The fraction of sp³-hybridized carbons (Fsp3) is 0.462. The number of hydrogen-bond donors (Lipinski definition) is 1. The van der Waals surface area contributed by atoms with E-state index in [2.05, 4.69) is 5.32 Å². The van der Waals surface area contributed by atoms with Crippen LogP contribution in [0.3, 0.4) is 0 Å². The highest BCUT2D eigenvalue weighted by Crippen LogP contribution is 2.55. The zero-order valence-electron chi connectivity index (χ0n) is 19.6. The molecule has 4 rings (SSSR count). The Morgan fingerprint density at radius 2 is 1.72 bits per heavy atom. The molecule has 5 nitrogen and oxygen atoms in total. The lowest BCUT2D eigenvalue weighted by molar-refractivity contribution is -0.135. The fourth-order valence-electron chi connectivity index (χ4n) is 4.93. The first-order valence-electron chi connectivity index (χ1n) is 11.3. The first-order chi connectivity index (χ1) is 15.4. The average molecular weight is 456 g/mol. The van der Waals surface area contributed by atoms with Crippen LogP contribution in [0, 0.1) is 0 Å². The number of hydrogen-bond acceptors (Lipinski definition) is 5. The van der Waals surface area contributed by atoms with Crippen LogP contribution < -0.4 is 14.8 Å². The van der Waals surface area contributed by atoms with Gasteiger partial charge in [0.1, 0.15) is 22.8 Å². The van der Waals surface area contributed by atoms with E-state index in [4.69, 9.17) is 26.4 Å². The molecule has 2 aromatic carbocycles. The maximum absolute atomic E-state index is 13.3. The van der Waals surface area contributed by atoms with E-state index in [-0.39, 0.29) is 11.9 Å². The average Bonchev–Trinajstić information content (AvgIpc) is 3.05. The first-order valence-corrected chi connectivity index (χ1v) is 11.7. The minimum Gasteiger partial charge on any atom is -0.484 e. The second-order valence-corrected chi connectivity index (χ2v) is 8.70. The molecule has 0 amide bonds. The van der Waals surface area contributed by atoms with Crippen LogP contribution in [0.4, 0.5) is 0 Å². The van der Waals surface area contributed by atoms with Crippen LogP contribution in [-0.4, -0.2) is 29.6 Å². The molecule has 1 aliphatic carbocycles.